The van der Waals surface area contributed by atoms with E-state index in [1.807, 2.05) is 18.2 Å². The zero-order valence-corrected chi connectivity index (χ0v) is 8.42. The van der Waals surface area contributed by atoms with Gasteiger partial charge in [0.05, 0.1) is 5.56 Å². The Balaban J connectivity index is 0.000000195. The number of carbonyl (C=O) groups is 1. The van der Waals surface area contributed by atoms with Crippen molar-refractivity contribution in [2.75, 3.05) is 0 Å². The lowest BCUT2D eigenvalue weighted by atomic mass is 10.1. The van der Waals surface area contributed by atoms with Crippen LogP contribution in [0.25, 0.3) is 0 Å². The summed E-state index contributed by atoms with van der Waals surface area (Å²) < 4.78 is 13.7. The number of esters is 1. The summed E-state index contributed by atoms with van der Waals surface area (Å²) >= 11 is 0. The monoisotopic (exact) mass is 232 g/mol. The Hall–Kier alpha value is -1.20. The molecule has 0 spiro atoms. The summed E-state index contributed by atoms with van der Waals surface area (Å²) in [6.07, 6.45) is 0. The molecule has 0 saturated heterocycles. The minimum absolute atomic E-state index is 0.199. The Bertz CT molecular complexity index is 401. The van der Waals surface area contributed by atoms with Crippen LogP contribution >= 0.6 is 7.82 Å². The number of phosphoric acid groups is 1. The quantitative estimate of drug-likeness (QED) is 0.442. The lowest BCUT2D eigenvalue weighted by Crippen LogP contribution is -1.91. The van der Waals surface area contributed by atoms with E-state index in [2.05, 4.69) is 0 Å². The highest BCUT2D eigenvalue weighted by Crippen LogP contribution is 2.25. The first kappa shape index (κ1) is 11.9. The van der Waals surface area contributed by atoms with Gasteiger partial charge in [0, 0.05) is 5.56 Å². The van der Waals surface area contributed by atoms with Crippen molar-refractivity contribution in [3.8, 4) is 0 Å². The highest BCUT2D eigenvalue weighted by atomic mass is 31.2. The minimum atomic E-state index is -4.64. The van der Waals surface area contributed by atoms with Crippen LogP contribution in [0.15, 0.2) is 24.3 Å². The zero-order chi connectivity index (χ0) is 11.5. The van der Waals surface area contributed by atoms with Crippen LogP contribution in [0.5, 0.6) is 0 Å². The van der Waals surface area contributed by atoms with E-state index >= 15 is 0 Å². The third-order valence-corrected chi connectivity index (χ3v) is 1.60. The van der Waals surface area contributed by atoms with E-state index in [4.69, 9.17) is 24.0 Å². The summed E-state index contributed by atoms with van der Waals surface area (Å²) in [4.78, 5) is 32.4. The Morgan fingerprint density at radius 1 is 1.20 bits per heavy atom. The molecule has 6 nitrogen and oxygen atoms in total. The summed E-state index contributed by atoms with van der Waals surface area (Å²) in [7, 11) is -4.64. The molecule has 0 aromatic heterocycles. The van der Waals surface area contributed by atoms with E-state index < -0.39 is 7.82 Å². The fourth-order valence-electron chi connectivity index (χ4n) is 1.07. The fraction of sp³-hybridized carbons (Fsp3) is 0.125. The van der Waals surface area contributed by atoms with Crippen molar-refractivity contribution >= 4 is 13.8 Å². The standard InChI is InChI=1S/C8H6O2.H3O4P/c9-8-7-4-2-1-3-6(7)5-10-8;1-5(2,3)4/h1-4H,5H2;(H3,1,2,3,4). The van der Waals surface area contributed by atoms with Crippen molar-refractivity contribution < 1.29 is 28.8 Å². The molecular formula is C8H9O6P. The molecule has 3 N–H and O–H groups in total. The van der Waals surface area contributed by atoms with Crippen LogP contribution in [0.3, 0.4) is 0 Å². The molecule has 0 atom stereocenters. The van der Waals surface area contributed by atoms with Gasteiger partial charge in [-0.1, -0.05) is 18.2 Å². The second-order valence-electron chi connectivity index (χ2n) is 2.75. The predicted octanol–water partition coefficient (Wildman–Crippen LogP) is 0.428. The van der Waals surface area contributed by atoms with E-state index in [0.29, 0.717) is 12.2 Å². The number of benzene rings is 1. The van der Waals surface area contributed by atoms with Gasteiger partial charge >= 0.3 is 13.8 Å². The number of carbonyl (C=O) groups excluding carboxylic acids is 1. The molecule has 0 aliphatic carbocycles. The number of rotatable bonds is 0. The van der Waals surface area contributed by atoms with Gasteiger partial charge in [-0.2, -0.15) is 0 Å². The maximum Gasteiger partial charge on any atom is 0.466 e. The van der Waals surface area contributed by atoms with Crippen molar-refractivity contribution in [2.24, 2.45) is 0 Å². The number of hydrogen-bond acceptors (Lipinski definition) is 3. The highest BCUT2D eigenvalue weighted by Gasteiger charge is 2.18. The van der Waals surface area contributed by atoms with Crippen LogP contribution in [0.2, 0.25) is 0 Å². The average molecular weight is 232 g/mol. The largest absolute Gasteiger partial charge is 0.466 e. The van der Waals surface area contributed by atoms with E-state index in [-0.39, 0.29) is 5.97 Å². The van der Waals surface area contributed by atoms with Crippen LogP contribution in [0, 0.1) is 0 Å². The van der Waals surface area contributed by atoms with Crippen LogP contribution < -0.4 is 0 Å². The maximum absolute atomic E-state index is 10.8. The number of ether oxygens (including phenoxy) is 1. The van der Waals surface area contributed by atoms with Gasteiger partial charge in [-0.15, -0.1) is 0 Å². The summed E-state index contributed by atoms with van der Waals surface area (Å²) in [5, 5.41) is 0. The Morgan fingerprint density at radius 3 is 2.27 bits per heavy atom. The van der Waals surface area contributed by atoms with Crippen LogP contribution in [-0.4, -0.2) is 20.6 Å². The SMILES string of the molecule is O=C1OCc2ccccc21.O=P(O)(O)O. The van der Waals surface area contributed by atoms with Gasteiger partial charge in [-0.3, -0.25) is 0 Å². The van der Waals surface area contributed by atoms with Gasteiger partial charge in [-0.25, -0.2) is 9.36 Å². The van der Waals surface area contributed by atoms with Crippen molar-refractivity contribution in [1.82, 2.24) is 0 Å². The molecular weight excluding hydrogens is 223 g/mol. The lowest BCUT2D eigenvalue weighted by Gasteiger charge is -1.87. The first-order valence-corrected chi connectivity index (χ1v) is 5.48. The second-order valence-corrected chi connectivity index (χ2v) is 3.77. The van der Waals surface area contributed by atoms with Crippen molar-refractivity contribution in [3.05, 3.63) is 35.4 Å². The summed E-state index contributed by atoms with van der Waals surface area (Å²) in [5.74, 6) is -0.199. The first-order chi connectivity index (χ1) is 6.88. The topological polar surface area (TPSA) is 104 Å². The third kappa shape index (κ3) is 4.22. The Labute approximate surface area is 85.4 Å². The molecule has 0 bridgehead atoms. The van der Waals surface area contributed by atoms with Gasteiger partial charge < -0.3 is 19.4 Å². The molecule has 1 aliphatic heterocycles. The molecule has 2 rings (SSSR count). The fourth-order valence-corrected chi connectivity index (χ4v) is 1.07. The molecule has 1 aromatic rings. The van der Waals surface area contributed by atoms with E-state index in [0.717, 1.165) is 5.56 Å². The van der Waals surface area contributed by atoms with Gasteiger partial charge in [0.1, 0.15) is 6.61 Å². The average Bonchev–Trinajstić information content (AvgIpc) is 2.46. The molecule has 0 radical (unpaired) electrons. The molecule has 0 unspecified atom stereocenters. The smallest absolute Gasteiger partial charge is 0.457 e. The normalized spacial score (nSPS) is 13.7. The van der Waals surface area contributed by atoms with Crippen molar-refractivity contribution in [2.45, 2.75) is 6.61 Å². The molecule has 0 saturated carbocycles. The third-order valence-electron chi connectivity index (χ3n) is 1.60. The summed E-state index contributed by atoms with van der Waals surface area (Å²) in [6, 6.07) is 7.43. The number of cyclic esters (lactones) is 1. The zero-order valence-electron chi connectivity index (χ0n) is 7.53. The van der Waals surface area contributed by atoms with E-state index in [1.54, 1.807) is 6.07 Å². The Morgan fingerprint density at radius 2 is 1.73 bits per heavy atom. The van der Waals surface area contributed by atoms with Crippen LogP contribution in [0.1, 0.15) is 15.9 Å². The van der Waals surface area contributed by atoms with E-state index in [9.17, 15) is 4.79 Å². The molecule has 15 heavy (non-hydrogen) atoms. The molecule has 7 heteroatoms. The minimum Gasteiger partial charge on any atom is -0.457 e. The van der Waals surface area contributed by atoms with Gasteiger partial charge in [-0.05, 0) is 6.07 Å². The van der Waals surface area contributed by atoms with Gasteiger partial charge in [0.2, 0.25) is 0 Å². The van der Waals surface area contributed by atoms with E-state index in [1.165, 1.54) is 0 Å². The first-order valence-electron chi connectivity index (χ1n) is 3.91. The lowest BCUT2D eigenvalue weighted by molar-refractivity contribution is 0.0535. The predicted molar refractivity (Wildman–Crippen MR) is 49.8 cm³/mol. The van der Waals surface area contributed by atoms with Crippen molar-refractivity contribution in [3.63, 3.8) is 0 Å². The number of hydrogen-bond donors (Lipinski definition) is 3. The van der Waals surface area contributed by atoms with Crippen LogP contribution in [-0.2, 0) is 15.9 Å². The molecule has 1 aromatic carbocycles. The maximum atomic E-state index is 10.8. The van der Waals surface area contributed by atoms with Crippen LogP contribution in [0.4, 0.5) is 0 Å². The highest BCUT2D eigenvalue weighted by molar-refractivity contribution is 7.45. The molecule has 0 amide bonds. The summed E-state index contributed by atoms with van der Waals surface area (Å²) in [5.41, 5.74) is 1.70. The van der Waals surface area contributed by atoms with Gasteiger partial charge in [0.25, 0.3) is 0 Å². The Kier molecular flexibility index (Phi) is 3.60. The van der Waals surface area contributed by atoms with Gasteiger partial charge in [0.15, 0.2) is 0 Å². The van der Waals surface area contributed by atoms with Crippen molar-refractivity contribution in [1.29, 1.82) is 0 Å². The number of fused-ring (bicyclic) bond motifs is 1. The molecule has 82 valence electrons. The molecule has 0 fully saturated rings. The molecule has 1 aliphatic rings. The summed E-state index contributed by atoms with van der Waals surface area (Å²) in [6.45, 7) is 0.439. The molecule has 1 heterocycles. The second kappa shape index (κ2) is 4.55.